The molecular weight excluding hydrogens is 513 g/mol. The van der Waals surface area contributed by atoms with Crippen molar-refractivity contribution in [3.05, 3.63) is 88.0 Å². The molecule has 0 bridgehead atoms. The number of halogens is 2. The highest BCUT2D eigenvalue weighted by atomic mass is 35.5. The van der Waals surface area contributed by atoms with Crippen LogP contribution < -0.4 is 21.7 Å². The predicted octanol–water partition coefficient (Wildman–Crippen LogP) is 4.83. The molecule has 2 aromatic heterocycles. The van der Waals surface area contributed by atoms with E-state index in [2.05, 4.69) is 30.9 Å². The number of ketones is 1. The van der Waals surface area contributed by atoms with Crippen LogP contribution in [-0.4, -0.2) is 27.6 Å². The summed E-state index contributed by atoms with van der Waals surface area (Å²) in [6.45, 7) is 3.12. The van der Waals surface area contributed by atoms with Crippen molar-refractivity contribution in [3.63, 3.8) is 0 Å². The van der Waals surface area contributed by atoms with Crippen molar-refractivity contribution in [2.45, 2.75) is 19.9 Å². The lowest BCUT2D eigenvalue weighted by atomic mass is 9.95. The number of nitrogens with one attached hydrogen (secondary N) is 3. The molecule has 1 unspecified atom stereocenters. The minimum atomic E-state index is -0.882. The van der Waals surface area contributed by atoms with Gasteiger partial charge in [0.15, 0.2) is 11.4 Å². The number of nitrogen functional groups attached to an aromatic ring is 1. The van der Waals surface area contributed by atoms with Gasteiger partial charge in [0.25, 0.3) is 5.91 Å². The summed E-state index contributed by atoms with van der Waals surface area (Å²) < 4.78 is 19.2. The highest BCUT2D eigenvalue weighted by molar-refractivity contribution is 6.34. The molecule has 1 aliphatic heterocycles. The van der Waals surface area contributed by atoms with Gasteiger partial charge in [0, 0.05) is 29.1 Å². The third kappa shape index (κ3) is 4.91. The molecule has 5 rings (SSSR count). The van der Waals surface area contributed by atoms with Crippen molar-refractivity contribution in [2.75, 3.05) is 16.4 Å². The van der Waals surface area contributed by atoms with Crippen LogP contribution >= 0.6 is 11.6 Å². The number of aliphatic imine (C=N–C) groups is 1. The van der Waals surface area contributed by atoms with E-state index < -0.39 is 17.8 Å². The molecule has 4 aromatic rings. The Bertz CT molecular complexity index is 1660. The van der Waals surface area contributed by atoms with Gasteiger partial charge in [-0.2, -0.15) is 4.98 Å². The van der Waals surface area contributed by atoms with Crippen LogP contribution in [0.4, 0.5) is 21.9 Å². The lowest BCUT2D eigenvalue weighted by molar-refractivity contribution is -0.113. The Hall–Kier alpha value is -4.77. The number of carbonyl (C=O) groups excluding carboxylic acids is 2. The van der Waals surface area contributed by atoms with Gasteiger partial charge in [-0.1, -0.05) is 23.7 Å². The molecule has 2 aromatic carbocycles. The lowest BCUT2D eigenvalue weighted by Crippen LogP contribution is -2.37. The fourth-order valence-corrected chi connectivity index (χ4v) is 4.22. The van der Waals surface area contributed by atoms with Crippen molar-refractivity contribution < 1.29 is 18.4 Å². The first-order valence-corrected chi connectivity index (χ1v) is 11.8. The van der Waals surface area contributed by atoms with E-state index in [1.165, 1.54) is 37.4 Å². The van der Waals surface area contributed by atoms with Gasteiger partial charge in [-0.25, -0.2) is 14.4 Å². The fraction of sp³-hybridized carbons (Fsp3) is 0.115. The third-order valence-corrected chi connectivity index (χ3v) is 6.26. The highest BCUT2D eigenvalue weighted by Gasteiger charge is 2.32. The van der Waals surface area contributed by atoms with E-state index in [-0.39, 0.29) is 39.8 Å². The van der Waals surface area contributed by atoms with Crippen molar-refractivity contribution in [1.29, 1.82) is 0 Å². The Morgan fingerprint density at radius 2 is 2.00 bits per heavy atom. The number of oxazole rings is 1. The number of hydrogen-bond donors (Lipinski definition) is 4. The number of anilines is 3. The minimum Gasteiger partial charge on any atom is -0.423 e. The first kappa shape index (κ1) is 24.9. The Balaban J connectivity index is 1.50. The second kappa shape index (κ2) is 9.94. The zero-order valence-electron chi connectivity index (χ0n) is 20.2. The van der Waals surface area contributed by atoms with Gasteiger partial charge in [0.05, 0.1) is 16.3 Å². The molecule has 0 saturated heterocycles. The van der Waals surface area contributed by atoms with Crippen LogP contribution in [-0.2, 0) is 4.79 Å². The number of allylic oxidation sites excluding steroid dienone is 1. The Kier molecular flexibility index (Phi) is 6.52. The van der Waals surface area contributed by atoms with Crippen molar-refractivity contribution in [2.24, 2.45) is 4.99 Å². The quantitative estimate of drug-likeness (QED) is 0.211. The fourth-order valence-electron chi connectivity index (χ4n) is 3.99. The molecule has 3 heterocycles. The molecule has 0 radical (unpaired) electrons. The summed E-state index contributed by atoms with van der Waals surface area (Å²) in [4.78, 5) is 38.3. The number of fused-ring (bicyclic) bond motifs is 1. The zero-order chi connectivity index (χ0) is 27.0. The molecule has 0 fully saturated rings. The summed E-state index contributed by atoms with van der Waals surface area (Å²) in [6.07, 6.45) is 1.44. The van der Waals surface area contributed by atoms with Crippen LogP contribution in [0.5, 0.6) is 0 Å². The Labute approximate surface area is 220 Å². The van der Waals surface area contributed by atoms with E-state index >= 15 is 0 Å². The van der Waals surface area contributed by atoms with E-state index in [1.807, 2.05) is 0 Å². The molecule has 0 spiro atoms. The van der Waals surface area contributed by atoms with E-state index in [0.29, 0.717) is 28.0 Å². The average molecular weight is 534 g/mol. The first-order valence-electron chi connectivity index (χ1n) is 11.4. The number of Topliss-reactive ketones (excluding diaryl/α,β-unsaturated/α-hetero) is 1. The molecule has 0 saturated carbocycles. The molecule has 38 heavy (non-hydrogen) atoms. The normalized spacial score (nSPS) is 15.2. The summed E-state index contributed by atoms with van der Waals surface area (Å²) in [5, 5.41) is 8.94. The summed E-state index contributed by atoms with van der Waals surface area (Å²) in [7, 11) is 0. The van der Waals surface area contributed by atoms with Crippen LogP contribution in [0.3, 0.4) is 0 Å². The van der Waals surface area contributed by atoms with Gasteiger partial charge in [-0.15, -0.1) is 0 Å². The number of guanidine groups is 1. The molecule has 192 valence electrons. The minimum absolute atomic E-state index is 0.0696. The Morgan fingerprint density at radius 3 is 2.79 bits per heavy atom. The predicted molar refractivity (Wildman–Crippen MR) is 142 cm³/mol. The number of nitrogens with zero attached hydrogens (tertiary/aromatic N) is 3. The average Bonchev–Trinajstić information content (AvgIpc) is 3.26. The van der Waals surface area contributed by atoms with Crippen LogP contribution in [0, 0.1) is 5.82 Å². The third-order valence-electron chi connectivity index (χ3n) is 5.82. The largest absolute Gasteiger partial charge is 0.423 e. The number of benzene rings is 2. The van der Waals surface area contributed by atoms with Crippen molar-refractivity contribution in [3.8, 4) is 0 Å². The highest BCUT2D eigenvalue weighted by Crippen LogP contribution is 2.37. The molecular formula is C26H21ClFN7O3. The number of pyridine rings is 1. The molecule has 12 heteroatoms. The zero-order valence-corrected chi connectivity index (χ0v) is 20.9. The van der Waals surface area contributed by atoms with Gasteiger partial charge in [0.1, 0.15) is 23.2 Å². The van der Waals surface area contributed by atoms with E-state index in [9.17, 15) is 14.0 Å². The molecule has 5 N–H and O–H groups in total. The summed E-state index contributed by atoms with van der Waals surface area (Å²) >= 11 is 6.53. The molecule has 1 aliphatic rings. The lowest BCUT2D eigenvalue weighted by Gasteiger charge is -2.27. The van der Waals surface area contributed by atoms with Crippen LogP contribution in [0.2, 0.25) is 5.02 Å². The molecule has 10 nitrogen and oxygen atoms in total. The van der Waals surface area contributed by atoms with E-state index in [1.54, 1.807) is 31.2 Å². The summed E-state index contributed by atoms with van der Waals surface area (Å²) in [5.74, 6) is -0.711. The summed E-state index contributed by atoms with van der Waals surface area (Å²) in [6, 6.07) is 11.3. The van der Waals surface area contributed by atoms with Crippen LogP contribution in [0.1, 0.15) is 35.8 Å². The van der Waals surface area contributed by atoms with Gasteiger partial charge >= 0.3 is 6.01 Å². The standard InChI is InChI=1S/C26H21ClFN7O3/c1-12-21(24(37)33-20-10-14(13(2)36)8-9-30-20)23(16-4-3-5-17(29)22(16)27)34-25(31-12)35-26-32-18-7-6-15(28)11-19(18)38-26/h3-11,23H,29H2,1-2H3,(H,30,33,37)(H2,31,32,34,35). The van der Waals surface area contributed by atoms with E-state index in [4.69, 9.17) is 21.8 Å². The smallest absolute Gasteiger partial charge is 0.302 e. The number of rotatable bonds is 5. The molecule has 0 aliphatic carbocycles. The van der Waals surface area contributed by atoms with E-state index in [0.717, 1.165) is 0 Å². The maximum Gasteiger partial charge on any atom is 0.302 e. The maximum atomic E-state index is 13.6. The van der Waals surface area contributed by atoms with Gasteiger partial charge in [0.2, 0.25) is 5.96 Å². The second-order valence-electron chi connectivity index (χ2n) is 8.49. The Morgan fingerprint density at radius 1 is 1.18 bits per heavy atom. The number of carbonyl (C=O) groups is 2. The number of amides is 1. The van der Waals surface area contributed by atoms with Crippen molar-refractivity contribution >= 4 is 57.9 Å². The monoisotopic (exact) mass is 533 g/mol. The number of aromatic nitrogens is 2. The van der Waals surface area contributed by atoms with Crippen LogP contribution in [0.25, 0.3) is 11.1 Å². The van der Waals surface area contributed by atoms with Gasteiger partial charge in [-0.3, -0.25) is 14.9 Å². The van der Waals surface area contributed by atoms with Gasteiger partial charge < -0.3 is 20.8 Å². The maximum absolute atomic E-state index is 13.6. The summed E-state index contributed by atoms with van der Waals surface area (Å²) in [5.41, 5.74) is 8.66. The second-order valence-corrected chi connectivity index (χ2v) is 8.87. The SMILES string of the molecule is CC(=O)c1ccnc(NC(=O)C2=C(C)NC(Nc3nc4ccc(F)cc4o3)=NC2c2cccc(N)c2Cl)c1. The number of hydrogen-bond acceptors (Lipinski definition) is 9. The molecule has 1 atom stereocenters. The first-order chi connectivity index (χ1) is 18.2. The van der Waals surface area contributed by atoms with Gasteiger partial charge in [-0.05, 0) is 44.2 Å². The van der Waals surface area contributed by atoms with Crippen molar-refractivity contribution in [1.82, 2.24) is 15.3 Å². The van der Waals surface area contributed by atoms with Crippen LogP contribution in [0.15, 0.2) is 75.4 Å². The molecule has 1 amide bonds. The topological polar surface area (TPSA) is 148 Å². The number of nitrogens with two attached hydrogens (primary N) is 1.